The average Bonchev–Trinajstić information content (AvgIpc) is 3.01. The fraction of sp³-hybridized carbons (Fsp3) is 0.941. The highest BCUT2D eigenvalue weighted by atomic mass is 16.6. The van der Waals surface area contributed by atoms with E-state index in [0.29, 0.717) is 24.2 Å². The molecule has 3 rings (SSSR count). The van der Waals surface area contributed by atoms with Gasteiger partial charge in [0, 0.05) is 30.7 Å². The molecule has 126 valence electrons. The Morgan fingerprint density at radius 2 is 1.91 bits per heavy atom. The minimum Gasteiger partial charge on any atom is -0.444 e. The zero-order valence-corrected chi connectivity index (χ0v) is 14.2. The highest BCUT2D eigenvalue weighted by Gasteiger charge is 2.44. The van der Waals surface area contributed by atoms with Crippen LogP contribution in [0.1, 0.15) is 59.3 Å². The number of fused-ring (bicyclic) bond motifs is 2. The predicted octanol–water partition coefficient (Wildman–Crippen LogP) is 2.26. The van der Waals surface area contributed by atoms with Crippen LogP contribution in [-0.4, -0.2) is 53.9 Å². The second kappa shape index (κ2) is 6.36. The third-order valence-corrected chi connectivity index (χ3v) is 5.15. The SMILES string of the molecule is CC(C)(C)OC(=O)N1C2CCC1CC(NCC1CCCN1)C2. The second-order valence-corrected chi connectivity index (χ2v) is 8.14. The quantitative estimate of drug-likeness (QED) is 0.839. The fourth-order valence-corrected chi connectivity index (χ4v) is 4.20. The van der Waals surface area contributed by atoms with Crippen LogP contribution in [0.4, 0.5) is 4.79 Å². The Morgan fingerprint density at radius 1 is 1.23 bits per heavy atom. The second-order valence-electron chi connectivity index (χ2n) is 8.14. The standard InChI is InChI=1S/C17H31N3O2/c1-17(2,3)22-16(21)20-14-6-7-15(20)10-13(9-14)19-11-12-5-4-8-18-12/h12-15,18-19H,4-11H2,1-3H3. The van der Waals surface area contributed by atoms with Crippen molar-refractivity contribution in [2.75, 3.05) is 13.1 Å². The highest BCUT2D eigenvalue weighted by Crippen LogP contribution is 2.36. The lowest BCUT2D eigenvalue weighted by molar-refractivity contribution is 0.00467. The van der Waals surface area contributed by atoms with Crippen molar-refractivity contribution in [1.29, 1.82) is 0 Å². The van der Waals surface area contributed by atoms with Crippen LogP contribution in [0, 0.1) is 0 Å². The normalized spacial score (nSPS) is 35.0. The van der Waals surface area contributed by atoms with E-state index in [1.54, 1.807) is 0 Å². The zero-order chi connectivity index (χ0) is 15.7. The summed E-state index contributed by atoms with van der Waals surface area (Å²) in [6, 6.07) is 1.92. The van der Waals surface area contributed by atoms with Gasteiger partial charge >= 0.3 is 6.09 Å². The molecule has 0 aromatic rings. The van der Waals surface area contributed by atoms with Crippen LogP contribution in [0.3, 0.4) is 0 Å². The van der Waals surface area contributed by atoms with Crippen molar-refractivity contribution in [3.05, 3.63) is 0 Å². The van der Waals surface area contributed by atoms with Crippen LogP contribution >= 0.6 is 0 Å². The topological polar surface area (TPSA) is 53.6 Å². The largest absolute Gasteiger partial charge is 0.444 e. The van der Waals surface area contributed by atoms with Crippen LogP contribution in [0.25, 0.3) is 0 Å². The van der Waals surface area contributed by atoms with E-state index in [4.69, 9.17) is 4.74 Å². The number of carbonyl (C=O) groups is 1. The van der Waals surface area contributed by atoms with E-state index in [1.165, 1.54) is 12.8 Å². The first-order chi connectivity index (χ1) is 10.4. The molecule has 3 heterocycles. The van der Waals surface area contributed by atoms with Gasteiger partial charge < -0.3 is 20.3 Å². The van der Waals surface area contributed by atoms with Crippen LogP contribution in [0.5, 0.6) is 0 Å². The summed E-state index contributed by atoms with van der Waals surface area (Å²) in [5.74, 6) is 0. The molecule has 2 N–H and O–H groups in total. The first-order valence-corrected chi connectivity index (χ1v) is 8.90. The summed E-state index contributed by atoms with van der Waals surface area (Å²) >= 11 is 0. The van der Waals surface area contributed by atoms with Gasteiger partial charge in [0.2, 0.25) is 0 Å². The van der Waals surface area contributed by atoms with Crippen molar-refractivity contribution in [3.8, 4) is 0 Å². The smallest absolute Gasteiger partial charge is 0.410 e. The molecular weight excluding hydrogens is 278 g/mol. The molecule has 3 fully saturated rings. The third-order valence-electron chi connectivity index (χ3n) is 5.15. The molecule has 0 spiro atoms. The Hall–Kier alpha value is -0.810. The molecule has 3 aliphatic rings. The lowest BCUT2D eigenvalue weighted by atomic mass is 9.97. The van der Waals surface area contributed by atoms with Gasteiger partial charge in [-0.05, 0) is 65.8 Å². The number of carbonyl (C=O) groups excluding carboxylic acids is 1. The molecular formula is C17H31N3O2. The molecule has 5 nitrogen and oxygen atoms in total. The Balaban J connectivity index is 1.51. The summed E-state index contributed by atoms with van der Waals surface area (Å²) in [7, 11) is 0. The maximum atomic E-state index is 12.4. The molecule has 1 amide bonds. The lowest BCUT2D eigenvalue weighted by Crippen LogP contribution is -2.53. The minimum atomic E-state index is -0.403. The maximum absolute atomic E-state index is 12.4. The Morgan fingerprint density at radius 3 is 2.45 bits per heavy atom. The highest BCUT2D eigenvalue weighted by molar-refractivity contribution is 5.69. The van der Waals surface area contributed by atoms with Crippen molar-refractivity contribution >= 4 is 6.09 Å². The molecule has 0 aromatic carbocycles. The molecule has 0 saturated carbocycles. The molecule has 0 aromatic heterocycles. The monoisotopic (exact) mass is 309 g/mol. The fourth-order valence-electron chi connectivity index (χ4n) is 4.20. The number of hydrogen-bond donors (Lipinski definition) is 2. The van der Waals surface area contributed by atoms with Crippen molar-refractivity contribution in [1.82, 2.24) is 15.5 Å². The van der Waals surface area contributed by atoms with E-state index in [-0.39, 0.29) is 6.09 Å². The van der Waals surface area contributed by atoms with Crippen LogP contribution in [0.2, 0.25) is 0 Å². The molecule has 2 bridgehead atoms. The van der Waals surface area contributed by atoms with Crippen molar-refractivity contribution in [2.45, 2.75) is 89.1 Å². The molecule has 0 radical (unpaired) electrons. The molecule has 5 heteroatoms. The van der Waals surface area contributed by atoms with Gasteiger partial charge in [0.15, 0.2) is 0 Å². The molecule has 22 heavy (non-hydrogen) atoms. The van der Waals surface area contributed by atoms with Gasteiger partial charge in [-0.15, -0.1) is 0 Å². The van der Waals surface area contributed by atoms with E-state index >= 15 is 0 Å². The molecule has 3 unspecified atom stereocenters. The zero-order valence-electron chi connectivity index (χ0n) is 14.2. The summed E-state index contributed by atoms with van der Waals surface area (Å²) in [6.07, 6.45) is 6.87. The van der Waals surface area contributed by atoms with Crippen LogP contribution < -0.4 is 10.6 Å². The number of amides is 1. The first-order valence-electron chi connectivity index (χ1n) is 8.90. The summed E-state index contributed by atoms with van der Waals surface area (Å²) in [4.78, 5) is 14.4. The number of hydrogen-bond acceptors (Lipinski definition) is 4. The van der Waals surface area contributed by atoms with E-state index < -0.39 is 5.60 Å². The number of piperidine rings is 1. The summed E-state index contributed by atoms with van der Waals surface area (Å²) in [5, 5.41) is 7.27. The molecule has 3 saturated heterocycles. The van der Waals surface area contributed by atoms with Gasteiger partial charge in [0.1, 0.15) is 5.60 Å². The maximum Gasteiger partial charge on any atom is 0.410 e. The Kier molecular flexibility index (Phi) is 4.64. The first kappa shape index (κ1) is 16.1. The van der Waals surface area contributed by atoms with Crippen molar-refractivity contribution in [3.63, 3.8) is 0 Å². The summed E-state index contributed by atoms with van der Waals surface area (Å²) in [5.41, 5.74) is -0.403. The third kappa shape index (κ3) is 3.74. The molecule has 3 aliphatic heterocycles. The van der Waals surface area contributed by atoms with Gasteiger partial charge in [0.25, 0.3) is 0 Å². The number of nitrogens with one attached hydrogen (secondary N) is 2. The van der Waals surface area contributed by atoms with Gasteiger partial charge in [0.05, 0.1) is 0 Å². The van der Waals surface area contributed by atoms with Gasteiger partial charge in [-0.3, -0.25) is 0 Å². The predicted molar refractivity (Wildman–Crippen MR) is 86.9 cm³/mol. The van der Waals surface area contributed by atoms with Crippen LogP contribution in [0.15, 0.2) is 0 Å². The van der Waals surface area contributed by atoms with Gasteiger partial charge in [-0.2, -0.15) is 0 Å². The van der Waals surface area contributed by atoms with Gasteiger partial charge in [-0.1, -0.05) is 0 Å². The lowest BCUT2D eigenvalue weighted by Gasteiger charge is -2.40. The van der Waals surface area contributed by atoms with Gasteiger partial charge in [-0.25, -0.2) is 4.79 Å². The number of nitrogens with zero attached hydrogens (tertiary/aromatic N) is 1. The van der Waals surface area contributed by atoms with Crippen molar-refractivity contribution < 1.29 is 9.53 Å². The number of ether oxygens (including phenoxy) is 1. The Labute approximate surface area is 134 Å². The van der Waals surface area contributed by atoms with Crippen LogP contribution in [-0.2, 0) is 4.74 Å². The minimum absolute atomic E-state index is 0.115. The Bertz CT molecular complexity index is 387. The van der Waals surface area contributed by atoms with E-state index in [0.717, 1.165) is 38.8 Å². The average molecular weight is 309 g/mol. The van der Waals surface area contributed by atoms with E-state index in [9.17, 15) is 4.79 Å². The molecule has 3 atom stereocenters. The number of rotatable bonds is 3. The van der Waals surface area contributed by atoms with E-state index in [1.807, 2.05) is 25.7 Å². The molecule has 0 aliphatic carbocycles. The summed E-state index contributed by atoms with van der Waals surface area (Å²) < 4.78 is 5.59. The van der Waals surface area contributed by atoms with E-state index in [2.05, 4.69) is 10.6 Å². The summed E-state index contributed by atoms with van der Waals surface area (Å²) in [6.45, 7) is 8.05. The van der Waals surface area contributed by atoms with Crippen molar-refractivity contribution in [2.24, 2.45) is 0 Å².